The summed E-state index contributed by atoms with van der Waals surface area (Å²) in [4.78, 5) is 3.93. The third-order valence-electron chi connectivity index (χ3n) is 2.53. The zero-order valence-electron chi connectivity index (χ0n) is 10.9. The minimum absolute atomic E-state index is 0.00325. The predicted molar refractivity (Wildman–Crippen MR) is 76.7 cm³/mol. The van der Waals surface area contributed by atoms with Crippen molar-refractivity contribution in [1.29, 1.82) is 0 Å². The number of nitrogens with zero attached hydrogens (tertiary/aromatic N) is 3. The van der Waals surface area contributed by atoms with Gasteiger partial charge in [0.15, 0.2) is 5.82 Å². The maximum absolute atomic E-state index is 11.4. The number of nitrogens with one attached hydrogen (secondary N) is 2. The molecule has 0 aliphatic heterocycles. The number of hydrogen-bond acceptors (Lipinski definition) is 6. The van der Waals surface area contributed by atoms with Crippen molar-refractivity contribution >= 4 is 21.7 Å². The minimum atomic E-state index is -3.32. The third-order valence-corrected chi connectivity index (χ3v) is 3.81. The van der Waals surface area contributed by atoms with Crippen LogP contribution in [0.5, 0.6) is 0 Å². The first-order valence-corrected chi connectivity index (χ1v) is 7.71. The lowest BCUT2D eigenvalue weighted by Gasteiger charge is -2.07. The summed E-state index contributed by atoms with van der Waals surface area (Å²) >= 11 is 0. The third kappa shape index (κ3) is 4.16. The average Bonchev–Trinajstić information content (AvgIpc) is 2.47. The molecule has 2 rings (SSSR count). The van der Waals surface area contributed by atoms with Gasteiger partial charge in [-0.2, -0.15) is 0 Å². The molecule has 8 heteroatoms. The second-order valence-corrected chi connectivity index (χ2v) is 6.03. The Hall–Kier alpha value is -2.22. The molecule has 0 fully saturated rings. The summed E-state index contributed by atoms with van der Waals surface area (Å²) in [6, 6.07) is 7.02. The van der Waals surface area contributed by atoms with Crippen LogP contribution in [0.1, 0.15) is 12.5 Å². The van der Waals surface area contributed by atoms with E-state index in [1.165, 1.54) is 0 Å². The van der Waals surface area contributed by atoms with Crippen LogP contribution in [0.4, 0.5) is 11.6 Å². The first-order chi connectivity index (χ1) is 9.59. The fourth-order valence-corrected chi connectivity index (χ4v) is 1.98. The van der Waals surface area contributed by atoms with Crippen LogP contribution in [-0.4, -0.2) is 29.4 Å². The molecule has 0 aromatic carbocycles. The van der Waals surface area contributed by atoms with Crippen molar-refractivity contribution in [3.05, 3.63) is 42.2 Å². The van der Waals surface area contributed by atoms with Crippen molar-refractivity contribution in [1.82, 2.24) is 15.2 Å². The number of pyridine rings is 1. The molecular weight excluding hydrogens is 278 g/mol. The Labute approximate surface area is 117 Å². The summed E-state index contributed by atoms with van der Waals surface area (Å²) < 4.78 is 25.1. The van der Waals surface area contributed by atoms with Gasteiger partial charge in [-0.1, -0.05) is 0 Å². The SMILES string of the molecule is CCS(=O)(=O)Nc1ccc(NCc2ccncc2)nn1. The molecule has 0 saturated carbocycles. The van der Waals surface area contributed by atoms with Crippen LogP contribution in [0.3, 0.4) is 0 Å². The van der Waals surface area contributed by atoms with E-state index < -0.39 is 10.0 Å². The second kappa shape index (κ2) is 6.29. The number of hydrogen-bond donors (Lipinski definition) is 2. The van der Waals surface area contributed by atoms with E-state index in [2.05, 4.69) is 25.2 Å². The van der Waals surface area contributed by atoms with E-state index in [-0.39, 0.29) is 11.6 Å². The molecule has 2 aromatic heterocycles. The fraction of sp³-hybridized carbons (Fsp3) is 0.250. The molecule has 0 radical (unpaired) electrons. The van der Waals surface area contributed by atoms with Crippen molar-refractivity contribution in [2.24, 2.45) is 0 Å². The molecule has 106 valence electrons. The number of rotatable bonds is 6. The summed E-state index contributed by atoms with van der Waals surface area (Å²) in [5.74, 6) is 0.777. The first kappa shape index (κ1) is 14.2. The molecule has 2 heterocycles. The predicted octanol–water partition coefficient (Wildman–Crippen LogP) is 1.25. The maximum Gasteiger partial charge on any atom is 0.233 e. The van der Waals surface area contributed by atoms with E-state index in [9.17, 15) is 8.42 Å². The lowest BCUT2D eigenvalue weighted by Crippen LogP contribution is -2.16. The fourth-order valence-electron chi connectivity index (χ4n) is 1.41. The largest absolute Gasteiger partial charge is 0.365 e. The van der Waals surface area contributed by atoms with Crippen LogP contribution < -0.4 is 10.0 Å². The van der Waals surface area contributed by atoms with Crippen LogP contribution in [0.25, 0.3) is 0 Å². The summed E-state index contributed by atoms with van der Waals surface area (Å²) in [6.07, 6.45) is 3.43. The smallest absolute Gasteiger partial charge is 0.233 e. The normalized spacial score (nSPS) is 11.1. The van der Waals surface area contributed by atoms with Gasteiger partial charge in [0.25, 0.3) is 0 Å². The van der Waals surface area contributed by atoms with Gasteiger partial charge in [0.1, 0.15) is 5.82 Å². The van der Waals surface area contributed by atoms with Crippen LogP contribution in [0.2, 0.25) is 0 Å². The second-order valence-electron chi connectivity index (χ2n) is 4.02. The van der Waals surface area contributed by atoms with Crippen molar-refractivity contribution in [2.45, 2.75) is 13.5 Å². The van der Waals surface area contributed by atoms with Gasteiger partial charge in [-0.3, -0.25) is 9.71 Å². The Morgan fingerprint density at radius 1 is 1.05 bits per heavy atom. The summed E-state index contributed by atoms with van der Waals surface area (Å²) in [5.41, 5.74) is 1.07. The Morgan fingerprint density at radius 2 is 1.70 bits per heavy atom. The topological polar surface area (TPSA) is 96.9 Å². The molecule has 0 amide bonds. The Morgan fingerprint density at radius 3 is 2.30 bits per heavy atom. The molecule has 0 aliphatic rings. The van der Waals surface area contributed by atoms with Gasteiger partial charge in [0.05, 0.1) is 5.75 Å². The molecular formula is C12H15N5O2S. The van der Waals surface area contributed by atoms with Gasteiger partial charge >= 0.3 is 0 Å². The monoisotopic (exact) mass is 293 g/mol. The van der Waals surface area contributed by atoms with E-state index in [1.54, 1.807) is 31.5 Å². The van der Waals surface area contributed by atoms with Crippen LogP contribution in [0.15, 0.2) is 36.7 Å². The summed E-state index contributed by atoms with van der Waals surface area (Å²) in [7, 11) is -3.32. The van der Waals surface area contributed by atoms with Gasteiger partial charge in [0.2, 0.25) is 10.0 Å². The van der Waals surface area contributed by atoms with Gasteiger partial charge < -0.3 is 5.32 Å². The van der Waals surface area contributed by atoms with Crippen molar-refractivity contribution in [2.75, 3.05) is 15.8 Å². The zero-order chi connectivity index (χ0) is 14.4. The molecule has 0 atom stereocenters. The van der Waals surface area contributed by atoms with Crippen LogP contribution in [0, 0.1) is 0 Å². The van der Waals surface area contributed by atoms with E-state index in [0.717, 1.165) is 5.56 Å². The molecule has 0 aliphatic carbocycles. The molecule has 0 unspecified atom stereocenters. The minimum Gasteiger partial charge on any atom is -0.365 e. The average molecular weight is 293 g/mol. The molecule has 0 saturated heterocycles. The Bertz CT molecular complexity index is 643. The van der Waals surface area contributed by atoms with E-state index in [4.69, 9.17) is 0 Å². The molecule has 0 spiro atoms. The summed E-state index contributed by atoms with van der Waals surface area (Å²) in [5, 5.41) is 10.8. The number of sulfonamides is 1. The van der Waals surface area contributed by atoms with Gasteiger partial charge in [-0.25, -0.2) is 8.42 Å². The molecule has 0 bridgehead atoms. The highest BCUT2D eigenvalue weighted by molar-refractivity contribution is 7.92. The van der Waals surface area contributed by atoms with Crippen LogP contribution >= 0.6 is 0 Å². The number of anilines is 2. The van der Waals surface area contributed by atoms with Gasteiger partial charge in [-0.05, 0) is 36.8 Å². The van der Waals surface area contributed by atoms with Crippen molar-refractivity contribution in [3.8, 4) is 0 Å². The van der Waals surface area contributed by atoms with Crippen LogP contribution in [-0.2, 0) is 16.6 Å². The Kier molecular flexibility index (Phi) is 4.46. The van der Waals surface area contributed by atoms with Gasteiger partial charge in [-0.15, -0.1) is 10.2 Å². The lowest BCUT2D eigenvalue weighted by molar-refractivity contribution is 0.602. The highest BCUT2D eigenvalue weighted by atomic mass is 32.2. The van der Waals surface area contributed by atoms with E-state index in [1.807, 2.05) is 12.1 Å². The van der Waals surface area contributed by atoms with E-state index in [0.29, 0.717) is 12.4 Å². The zero-order valence-corrected chi connectivity index (χ0v) is 11.8. The first-order valence-electron chi connectivity index (χ1n) is 6.06. The maximum atomic E-state index is 11.4. The molecule has 2 N–H and O–H groups in total. The van der Waals surface area contributed by atoms with Crippen molar-refractivity contribution < 1.29 is 8.42 Å². The lowest BCUT2D eigenvalue weighted by atomic mass is 10.3. The highest BCUT2D eigenvalue weighted by Gasteiger charge is 2.07. The molecule has 20 heavy (non-hydrogen) atoms. The standard InChI is InChI=1S/C12H15N5O2S/c1-2-20(18,19)17-12-4-3-11(15-16-12)14-9-10-5-7-13-8-6-10/h3-8H,2,9H2,1H3,(H,14,15)(H,16,17). The van der Waals surface area contributed by atoms with E-state index >= 15 is 0 Å². The van der Waals surface area contributed by atoms with Gasteiger partial charge in [0, 0.05) is 18.9 Å². The number of aromatic nitrogens is 3. The quantitative estimate of drug-likeness (QED) is 0.832. The highest BCUT2D eigenvalue weighted by Crippen LogP contribution is 2.09. The molecule has 7 nitrogen and oxygen atoms in total. The summed E-state index contributed by atoms with van der Waals surface area (Å²) in [6.45, 7) is 2.15. The Balaban J connectivity index is 1.95. The van der Waals surface area contributed by atoms with Crippen molar-refractivity contribution in [3.63, 3.8) is 0 Å². The molecule has 2 aromatic rings.